The van der Waals surface area contributed by atoms with Crippen molar-refractivity contribution in [3.8, 4) is 0 Å². The standard InChI is InChI=1S/C15H18N2O/c1-11(18)9-17-14-6-4-3-5-12(14)13-10-16(2)8-7-15(13)17/h3-6H,7-10H2,1-2H3. The fourth-order valence-corrected chi connectivity index (χ4v) is 2.94. The summed E-state index contributed by atoms with van der Waals surface area (Å²) in [6.45, 7) is 4.22. The number of carbonyl (C=O) groups is 1. The Kier molecular flexibility index (Phi) is 2.71. The molecule has 3 rings (SSSR count). The summed E-state index contributed by atoms with van der Waals surface area (Å²) in [5.74, 6) is 0.220. The van der Waals surface area contributed by atoms with Crippen molar-refractivity contribution < 1.29 is 4.79 Å². The van der Waals surface area contributed by atoms with Gasteiger partial charge in [-0.3, -0.25) is 4.79 Å². The average molecular weight is 242 g/mol. The Hall–Kier alpha value is -1.61. The predicted molar refractivity (Wildman–Crippen MR) is 72.7 cm³/mol. The number of carbonyl (C=O) groups excluding carboxylic acids is 1. The summed E-state index contributed by atoms with van der Waals surface area (Å²) >= 11 is 0. The van der Waals surface area contributed by atoms with E-state index in [-0.39, 0.29) is 5.78 Å². The van der Waals surface area contributed by atoms with Crippen molar-refractivity contribution in [3.63, 3.8) is 0 Å². The van der Waals surface area contributed by atoms with Crippen LogP contribution < -0.4 is 0 Å². The van der Waals surface area contributed by atoms with E-state index < -0.39 is 0 Å². The van der Waals surface area contributed by atoms with E-state index in [0.717, 1.165) is 19.5 Å². The lowest BCUT2D eigenvalue weighted by Gasteiger charge is -2.24. The van der Waals surface area contributed by atoms with Crippen LogP contribution >= 0.6 is 0 Å². The fraction of sp³-hybridized carbons (Fsp3) is 0.400. The van der Waals surface area contributed by atoms with E-state index in [9.17, 15) is 4.79 Å². The van der Waals surface area contributed by atoms with Crippen molar-refractivity contribution in [2.45, 2.75) is 26.4 Å². The number of para-hydroxylation sites is 1. The average Bonchev–Trinajstić information content (AvgIpc) is 2.64. The first-order chi connectivity index (χ1) is 8.66. The topological polar surface area (TPSA) is 25.2 Å². The highest BCUT2D eigenvalue weighted by molar-refractivity contribution is 5.87. The maximum absolute atomic E-state index is 11.5. The highest BCUT2D eigenvalue weighted by Crippen LogP contribution is 2.30. The highest BCUT2D eigenvalue weighted by Gasteiger charge is 2.22. The zero-order valence-corrected chi connectivity index (χ0v) is 10.9. The SMILES string of the molecule is CC(=O)Cn1c2c(c3ccccc31)CN(C)CC2. The molecule has 0 N–H and O–H groups in total. The minimum Gasteiger partial charge on any atom is -0.337 e. The van der Waals surface area contributed by atoms with Gasteiger partial charge in [0.15, 0.2) is 0 Å². The number of fused-ring (bicyclic) bond motifs is 3. The number of aromatic nitrogens is 1. The molecule has 0 saturated heterocycles. The smallest absolute Gasteiger partial charge is 0.149 e. The molecule has 18 heavy (non-hydrogen) atoms. The summed E-state index contributed by atoms with van der Waals surface area (Å²) in [7, 11) is 2.15. The Bertz CT molecular complexity index is 612. The van der Waals surface area contributed by atoms with Crippen molar-refractivity contribution in [3.05, 3.63) is 35.5 Å². The molecule has 1 aliphatic rings. The van der Waals surface area contributed by atoms with Crippen molar-refractivity contribution in [1.82, 2.24) is 9.47 Å². The molecule has 2 aromatic rings. The summed E-state index contributed by atoms with van der Waals surface area (Å²) in [5.41, 5.74) is 3.96. The number of benzene rings is 1. The van der Waals surface area contributed by atoms with Gasteiger partial charge in [-0.1, -0.05) is 18.2 Å². The zero-order chi connectivity index (χ0) is 12.7. The number of hydrogen-bond acceptors (Lipinski definition) is 2. The third-order valence-corrected chi connectivity index (χ3v) is 3.73. The van der Waals surface area contributed by atoms with E-state index in [1.165, 1.54) is 22.2 Å². The third kappa shape index (κ3) is 1.75. The zero-order valence-electron chi connectivity index (χ0n) is 10.9. The van der Waals surface area contributed by atoms with Gasteiger partial charge in [-0.25, -0.2) is 0 Å². The predicted octanol–water partition coefficient (Wildman–Crippen LogP) is 2.22. The lowest BCUT2D eigenvalue weighted by Crippen LogP contribution is -2.27. The van der Waals surface area contributed by atoms with Crippen LogP contribution in [0.4, 0.5) is 0 Å². The molecule has 0 radical (unpaired) electrons. The molecule has 3 heteroatoms. The number of hydrogen-bond donors (Lipinski definition) is 0. The van der Waals surface area contributed by atoms with E-state index in [0.29, 0.717) is 6.54 Å². The fourth-order valence-electron chi connectivity index (χ4n) is 2.94. The monoisotopic (exact) mass is 242 g/mol. The molecule has 94 valence electrons. The highest BCUT2D eigenvalue weighted by atomic mass is 16.1. The molecular formula is C15H18N2O. The number of nitrogens with zero attached hydrogens (tertiary/aromatic N) is 2. The normalized spacial score (nSPS) is 15.9. The van der Waals surface area contributed by atoms with Gasteiger partial charge in [0.1, 0.15) is 5.78 Å². The Balaban J connectivity index is 2.24. The van der Waals surface area contributed by atoms with Gasteiger partial charge >= 0.3 is 0 Å². The molecule has 0 amide bonds. The number of rotatable bonds is 2. The second-order valence-electron chi connectivity index (χ2n) is 5.22. The van der Waals surface area contributed by atoms with Gasteiger partial charge in [-0.05, 0) is 25.6 Å². The lowest BCUT2D eigenvalue weighted by atomic mass is 10.1. The van der Waals surface area contributed by atoms with Crippen LogP contribution in [0.5, 0.6) is 0 Å². The van der Waals surface area contributed by atoms with Gasteiger partial charge in [0.25, 0.3) is 0 Å². The van der Waals surface area contributed by atoms with Crippen molar-refractivity contribution in [1.29, 1.82) is 0 Å². The van der Waals surface area contributed by atoms with Crippen LogP contribution in [0, 0.1) is 0 Å². The maximum atomic E-state index is 11.5. The van der Waals surface area contributed by atoms with Gasteiger partial charge in [0.2, 0.25) is 0 Å². The summed E-state index contributed by atoms with van der Waals surface area (Å²) < 4.78 is 2.21. The first-order valence-electron chi connectivity index (χ1n) is 6.44. The van der Waals surface area contributed by atoms with Crippen molar-refractivity contribution in [2.24, 2.45) is 0 Å². The van der Waals surface area contributed by atoms with Gasteiger partial charge in [0.05, 0.1) is 6.54 Å². The second kappa shape index (κ2) is 4.25. The number of Topliss-reactive ketones (excluding diaryl/α,β-unsaturated/α-hetero) is 1. The Labute approximate surface area is 107 Å². The van der Waals surface area contributed by atoms with E-state index >= 15 is 0 Å². The van der Waals surface area contributed by atoms with Crippen LogP contribution in [0.3, 0.4) is 0 Å². The Morgan fingerprint density at radius 3 is 2.89 bits per heavy atom. The largest absolute Gasteiger partial charge is 0.337 e. The maximum Gasteiger partial charge on any atom is 0.149 e. The Morgan fingerprint density at radius 2 is 2.11 bits per heavy atom. The summed E-state index contributed by atoms with van der Waals surface area (Å²) in [5, 5.41) is 1.31. The van der Waals surface area contributed by atoms with E-state index in [1.807, 2.05) is 6.07 Å². The molecule has 0 atom stereocenters. The molecule has 0 fully saturated rings. The molecular weight excluding hydrogens is 224 g/mol. The molecule has 0 saturated carbocycles. The molecule has 0 spiro atoms. The van der Waals surface area contributed by atoms with Crippen LogP contribution in [0.15, 0.2) is 24.3 Å². The van der Waals surface area contributed by atoms with Crippen LogP contribution in [0.25, 0.3) is 10.9 Å². The minimum absolute atomic E-state index is 0.220. The van der Waals surface area contributed by atoms with Crippen molar-refractivity contribution >= 4 is 16.7 Å². The summed E-state index contributed by atoms with van der Waals surface area (Å²) in [6.07, 6.45) is 1.04. The van der Waals surface area contributed by atoms with Crippen LogP contribution in [-0.2, 0) is 24.3 Å². The molecule has 2 heterocycles. The van der Waals surface area contributed by atoms with Gasteiger partial charge in [-0.2, -0.15) is 0 Å². The number of ketones is 1. The third-order valence-electron chi connectivity index (χ3n) is 3.73. The lowest BCUT2D eigenvalue weighted by molar-refractivity contribution is -0.117. The molecule has 0 bridgehead atoms. The summed E-state index contributed by atoms with van der Waals surface area (Å²) in [4.78, 5) is 13.8. The molecule has 0 aliphatic carbocycles. The van der Waals surface area contributed by atoms with E-state index in [1.54, 1.807) is 6.92 Å². The first kappa shape index (κ1) is 11.5. The van der Waals surface area contributed by atoms with Gasteiger partial charge < -0.3 is 9.47 Å². The Morgan fingerprint density at radius 1 is 1.33 bits per heavy atom. The molecule has 0 unspecified atom stereocenters. The molecule has 1 aromatic carbocycles. The quantitative estimate of drug-likeness (QED) is 0.806. The minimum atomic E-state index is 0.220. The van der Waals surface area contributed by atoms with Crippen LogP contribution in [0.2, 0.25) is 0 Å². The van der Waals surface area contributed by atoms with Crippen LogP contribution in [-0.4, -0.2) is 28.8 Å². The van der Waals surface area contributed by atoms with Crippen molar-refractivity contribution in [2.75, 3.05) is 13.6 Å². The van der Waals surface area contributed by atoms with Gasteiger partial charge in [-0.15, -0.1) is 0 Å². The van der Waals surface area contributed by atoms with Gasteiger partial charge in [0, 0.05) is 36.1 Å². The van der Waals surface area contributed by atoms with E-state index in [2.05, 4.69) is 34.7 Å². The first-order valence-corrected chi connectivity index (χ1v) is 6.44. The second-order valence-corrected chi connectivity index (χ2v) is 5.22. The molecule has 1 aliphatic heterocycles. The molecule has 1 aromatic heterocycles. The van der Waals surface area contributed by atoms with Crippen LogP contribution in [0.1, 0.15) is 18.2 Å². The number of likely N-dealkylation sites (N-methyl/N-ethyl adjacent to an activating group) is 1. The summed E-state index contributed by atoms with van der Waals surface area (Å²) in [6, 6.07) is 8.42. The molecule has 3 nitrogen and oxygen atoms in total. The van der Waals surface area contributed by atoms with E-state index in [4.69, 9.17) is 0 Å².